The second-order valence-electron chi connectivity index (χ2n) is 5.76. The van der Waals surface area contributed by atoms with E-state index in [-0.39, 0.29) is 11.9 Å². The van der Waals surface area contributed by atoms with Crippen molar-refractivity contribution >= 4 is 5.91 Å². The molecule has 2 N–H and O–H groups in total. The molecule has 1 amide bonds. The summed E-state index contributed by atoms with van der Waals surface area (Å²) < 4.78 is 0. The highest BCUT2D eigenvalue weighted by molar-refractivity contribution is 5.95. The smallest absolute Gasteiger partial charge is 0.254 e. The summed E-state index contributed by atoms with van der Waals surface area (Å²) in [5, 5.41) is 0. The Hall–Kier alpha value is -1.42. The number of carbonyl (C=O) groups excluding carboxylic acids is 1. The lowest BCUT2D eigenvalue weighted by Gasteiger charge is -2.20. The van der Waals surface area contributed by atoms with E-state index in [1.807, 2.05) is 11.0 Å². The Morgan fingerprint density at radius 3 is 3.05 bits per heavy atom. The molecule has 1 saturated carbocycles. The zero-order valence-corrected chi connectivity index (χ0v) is 11.4. The molecule has 1 aromatic rings. The number of pyridine rings is 1. The maximum Gasteiger partial charge on any atom is 0.254 e. The second kappa shape index (κ2) is 4.93. The van der Waals surface area contributed by atoms with E-state index in [1.165, 1.54) is 6.42 Å². The highest BCUT2D eigenvalue weighted by Crippen LogP contribution is 2.37. The highest BCUT2D eigenvalue weighted by atomic mass is 16.2. The summed E-state index contributed by atoms with van der Waals surface area (Å²) >= 11 is 0. The number of fused-ring (bicyclic) bond motifs is 1. The molecular formula is C15H21N3O. The average Bonchev–Trinajstić information content (AvgIpc) is 3.00. The van der Waals surface area contributed by atoms with Crippen LogP contribution in [0.15, 0.2) is 18.5 Å². The van der Waals surface area contributed by atoms with Crippen molar-refractivity contribution in [1.29, 1.82) is 0 Å². The van der Waals surface area contributed by atoms with E-state index in [9.17, 15) is 4.79 Å². The topological polar surface area (TPSA) is 59.2 Å². The van der Waals surface area contributed by atoms with Gasteiger partial charge in [-0.3, -0.25) is 9.78 Å². The number of hydrogen-bond acceptors (Lipinski definition) is 3. The molecule has 4 heteroatoms. The first-order valence-corrected chi connectivity index (χ1v) is 7.18. The fraction of sp³-hybridized carbons (Fsp3) is 0.600. The van der Waals surface area contributed by atoms with Crippen LogP contribution in [0.2, 0.25) is 0 Å². The predicted octanol–water partition coefficient (Wildman–Crippen LogP) is 1.45. The molecule has 2 heterocycles. The van der Waals surface area contributed by atoms with Crippen LogP contribution in [0.1, 0.15) is 35.7 Å². The lowest BCUT2D eigenvalue weighted by molar-refractivity contribution is 0.0778. The van der Waals surface area contributed by atoms with Crippen LogP contribution in [0.25, 0.3) is 0 Å². The van der Waals surface area contributed by atoms with Crippen molar-refractivity contribution in [2.24, 2.45) is 17.6 Å². The molecule has 4 nitrogen and oxygen atoms in total. The first kappa shape index (κ1) is 12.6. The number of amides is 1. The minimum atomic E-state index is 0.154. The van der Waals surface area contributed by atoms with Gasteiger partial charge in [-0.1, -0.05) is 6.92 Å². The van der Waals surface area contributed by atoms with Gasteiger partial charge in [0.2, 0.25) is 0 Å². The molecule has 0 aromatic carbocycles. The molecule has 1 aromatic heterocycles. The standard InChI is InChI=1S/C15H21N3O/c1-2-10-7-17-6-5-12(10)15(19)18-8-11-3-4-14(16)13(11)9-18/h5-7,11,13-14H,2-4,8-9,16H2,1H3. The highest BCUT2D eigenvalue weighted by Gasteiger charge is 2.42. The van der Waals surface area contributed by atoms with Gasteiger partial charge >= 0.3 is 0 Å². The number of carbonyl (C=O) groups is 1. The summed E-state index contributed by atoms with van der Waals surface area (Å²) in [5.74, 6) is 1.28. The van der Waals surface area contributed by atoms with E-state index in [2.05, 4.69) is 11.9 Å². The van der Waals surface area contributed by atoms with Crippen LogP contribution in [-0.2, 0) is 6.42 Å². The number of likely N-dealkylation sites (tertiary alicyclic amines) is 1. The molecule has 0 spiro atoms. The molecule has 0 bridgehead atoms. The van der Waals surface area contributed by atoms with Crippen molar-refractivity contribution in [3.8, 4) is 0 Å². The van der Waals surface area contributed by atoms with Gasteiger partial charge in [0.25, 0.3) is 5.91 Å². The van der Waals surface area contributed by atoms with E-state index in [0.29, 0.717) is 11.8 Å². The van der Waals surface area contributed by atoms with E-state index in [0.717, 1.165) is 37.1 Å². The Morgan fingerprint density at radius 2 is 2.32 bits per heavy atom. The molecule has 3 atom stereocenters. The molecule has 3 rings (SSSR count). The third kappa shape index (κ3) is 2.14. The van der Waals surface area contributed by atoms with Crippen molar-refractivity contribution in [3.63, 3.8) is 0 Å². The second-order valence-corrected chi connectivity index (χ2v) is 5.76. The minimum Gasteiger partial charge on any atom is -0.338 e. The Bertz CT molecular complexity index is 488. The zero-order chi connectivity index (χ0) is 13.4. The molecule has 1 aliphatic carbocycles. The van der Waals surface area contributed by atoms with Crippen LogP contribution in [0.3, 0.4) is 0 Å². The number of rotatable bonds is 2. The normalized spacial score (nSPS) is 29.6. The van der Waals surface area contributed by atoms with Gasteiger partial charge in [0.05, 0.1) is 0 Å². The molecule has 0 radical (unpaired) electrons. The maximum absolute atomic E-state index is 12.6. The lowest BCUT2D eigenvalue weighted by Crippen LogP contribution is -2.33. The number of nitrogens with two attached hydrogens (primary N) is 1. The van der Waals surface area contributed by atoms with Crippen LogP contribution in [-0.4, -0.2) is 34.9 Å². The molecular weight excluding hydrogens is 238 g/mol. The quantitative estimate of drug-likeness (QED) is 0.874. The van der Waals surface area contributed by atoms with Gasteiger partial charge in [-0.15, -0.1) is 0 Å². The van der Waals surface area contributed by atoms with E-state index in [1.54, 1.807) is 12.4 Å². The Morgan fingerprint density at radius 1 is 1.47 bits per heavy atom. The Kier molecular flexibility index (Phi) is 3.27. The summed E-state index contributed by atoms with van der Waals surface area (Å²) in [6, 6.07) is 2.13. The largest absolute Gasteiger partial charge is 0.338 e. The molecule has 2 fully saturated rings. The molecule has 3 unspecified atom stereocenters. The summed E-state index contributed by atoms with van der Waals surface area (Å²) in [6.45, 7) is 3.77. The van der Waals surface area contributed by atoms with Gasteiger partial charge in [0.15, 0.2) is 0 Å². The summed E-state index contributed by atoms with van der Waals surface area (Å²) in [6.07, 6.45) is 6.64. The van der Waals surface area contributed by atoms with Crippen LogP contribution in [0.5, 0.6) is 0 Å². The van der Waals surface area contributed by atoms with Gasteiger partial charge in [-0.2, -0.15) is 0 Å². The lowest BCUT2D eigenvalue weighted by atomic mass is 9.98. The third-order valence-corrected chi connectivity index (χ3v) is 4.71. The van der Waals surface area contributed by atoms with Crippen LogP contribution in [0, 0.1) is 11.8 Å². The van der Waals surface area contributed by atoms with Gasteiger partial charge in [0, 0.05) is 37.1 Å². The van der Waals surface area contributed by atoms with Crippen molar-refractivity contribution in [2.75, 3.05) is 13.1 Å². The average molecular weight is 259 g/mol. The molecule has 1 aliphatic heterocycles. The monoisotopic (exact) mass is 259 g/mol. The van der Waals surface area contributed by atoms with Crippen LogP contribution < -0.4 is 5.73 Å². The van der Waals surface area contributed by atoms with E-state index < -0.39 is 0 Å². The molecule has 1 saturated heterocycles. The Balaban J connectivity index is 1.78. The molecule has 2 aliphatic rings. The van der Waals surface area contributed by atoms with Gasteiger partial charge < -0.3 is 10.6 Å². The fourth-order valence-electron chi connectivity index (χ4n) is 3.56. The van der Waals surface area contributed by atoms with Crippen LogP contribution >= 0.6 is 0 Å². The molecule has 102 valence electrons. The number of nitrogens with zero attached hydrogens (tertiary/aromatic N) is 2. The first-order chi connectivity index (χ1) is 9.20. The SMILES string of the molecule is CCc1cnccc1C(=O)N1CC2CCC(N)C2C1. The zero-order valence-electron chi connectivity index (χ0n) is 11.4. The summed E-state index contributed by atoms with van der Waals surface area (Å²) in [7, 11) is 0. The number of aryl methyl sites for hydroxylation is 1. The number of aromatic nitrogens is 1. The van der Waals surface area contributed by atoms with Gasteiger partial charge in [0.1, 0.15) is 0 Å². The van der Waals surface area contributed by atoms with Gasteiger partial charge in [-0.05, 0) is 42.7 Å². The predicted molar refractivity (Wildman–Crippen MR) is 73.7 cm³/mol. The first-order valence-electron chi connectivity index (χ1n) is 7.18. The van der Waals surface area contributed by atoms with Gasteiger partial charge in [-0.25, -0.2) is 0 Å². The fourth-order valence-corrected chi connectivity index (χ4v) is 3.56. The minimum absolute atomic E-state index is 0.154. The number of hydrogen-bond donors (Lipinski definition) is 1. The van der Waals surface area contributed by atoms with E-state index in [4.69, 9.17) is 5.73 Å². The van der Waals surface area contributed by atoms with Crippen molar-refractivity contribution < 1.29 is 4.79 Å². The van der Waals surface area contributed by atoms with E-state index >= 15 is 0 Å². The summed E-state index contributed by atoms with van der Waals surface area (Å²) in [5.41, 5.74) is 7.98. The van der Waals surface area contributed by atoms with Crippen molar-refractivity contribution in [2.45, 2.75) is 32.2 Å². The Labute approximate surface area is 114 Å². The maximum atomic E-state index is 12.6. The molecule has 19 heavy (non-hydrogen) atoms. The van der Waals surface area contributed by atoms with Crippen molar-refractivity contribution in [1.82, 2.24) is 9.88 Å². The van der Waals surface area contributed by atoms with Crippen LogP contribution in [0.4, 0.5) is 0 Å². The summed E-state index contributed by atoms with van der Waals surface area (Å²) in [4.78, 5) is 18.7. The third-order valence-electron chi connectivity index (χ3n) is 4.71. The van der Waals surface area contributed by atoms with Crippen molar-refractivity contribution in [3.05, 3.63) is 29.6 Å².